The Bertz CT molecular complexity index is 833. The molecule has 0 bridgehead atoms. The van der Waals surface area contributed by atoms with Crippen LogP contribution < -0.4 is 5.32 Å². The summed E-state index contributed by atoms with van der Waals surface area (Å²) in [7, 11) is 0. The lowest BCUT2D eigenvalue weighted by atomic mass is 10.1. The first-order chi connectivity index (χ1) is 11.7. The first-order valence-electron chi connectivity index (χ1n) is 8.06. The number of hydrogen-bond acceptors (Lipinski definition) is 3. The van der Waals surface area contributed by atoms with E-state index in [2.05, 4.69) is 22.4 Å². The van der Waals surface area contributed by atoms with Gasteiger partial charge in [0.25, 0.3) is 5.91 Å². The van der Waals surface area contributed by atoms with Crippen LogP contribution in [-0.2, 0) is 0 Å². The fourth-order valence-corrected chi connectivity index (χ4v) is 3.45. The Morgan fingerprint density at radius 3 is 2.67 bits per heavy atom. The van der Waals surface area contributed by atoms with Gasteiger partial charge in [-0.05, 0) is 43.4 Å². The summed E-state index contributed by atoms with van der Waals surface area (Å²) in [6, 6.07) is 19.9. The molecule has 0 saturated heterocycles. The minimum absolute atomic E-state index is 0.0265. The largest absolute Gasteiger partial charge is 0.352 e. The predicted molar refractivity (Wildman–Crippen MR) is 101 cm³/mol. The second-order valence-corrected chi connectivity index (χ2v) is 6.77. The van der Waals surface area contributed by atoms with Crippen LogP contribution >= 0.6 is 11.8 Å². The smallest absolute Gasteiger partial charge is 0.252 e. The van der Waals surface area contributed by atoms with Gasteiger partial charge in [0.05, 0.1) is 11.1 Å². The fraction of sp³-hybridized carbons (Fsp3) is 0.200. The van der Waals surface area contributed by atoms with Crippen molar-refractivity contribution in [2.24, 2.45) is 0 Å². The second-order valence-electron chi connectivity index (χ2n) is 5.60. The number of aryl methyl sites for hydroxylation is 1. The highest BCUT2D eigenvalue weighted by Crippen LogP contribution is 2.19. The summed E-state index contributed by atoms with van der Waals surface area (Å²) in [5.74, 6) is 0.960. The van der Waals surface area contributed by atoms with Gasteiger partial charge in [-0.3, -0.25) is 9.78 Å². The van der Waals surface area contributed by atoms with Crippen molar-refractivity contribution in [3.63, 3.8) is 0 Å². The van der Waals surface area contributed by atoms with E-state index < -0.39 is 0 Å². The first kappa shape index (κ1) is 16.5. The molecule has 0 radical (unpaired) electrons. The first-order valence-corrected chi connectivity index (χ1v) is 9.05. The predicted octanol–water partition coefficient (Wildman–Crippen LogP) is 4.46. The van der Waals surface area contributed by atoms with E-state index in [0.29, 0.717) is 12.1 Å². The van der Waals surface area contributed by atoms with E-state index in [4.69, 9.17) is 0 Å². The Morgan fingerprint density at radius 2 is 1.83 bits per heavy atom. The summed E-state index contributed by atoms with van der Waals surface area (Å²) in [5, 5.41) is 3.93. The quantitative estimate of drug-likeness (QED) is 0.534. The summed E-state index contributed by atoms with van der Waals surface area (Å²) in [5.41, 5.74) is 2.43. The second kappa shape index (κ2) is 7.97. The molecule has 1 heterocycles. The molecule has 4 heteroatoms. The van der Waals surface area contributed by atoms with Crippen molar-refractivity contribution < 1.29 is 4.79 Å². The van der Waals surface area contributed by atoms with Gasteiger partial charge in [0.15, 0.2) is 0 Å². The zero-order chi connectivity index (χ0) is 16.8. The van der Waals surface area contributed by atoms with Crippen molar-refractivity contribution in [3.05, 3.63) is 71.9 Å². The molecule has 0 aliphatic carbocycles. The molecule has 3 nitrogen and oxygen atoms in total. The van der Waals surface area contributed by atoms with Gasteiger partial charge in [-0.25, -0.2) is 0 Å². The van der Waals surface area contributed by atoms with Crippen LogP contribution in [0.15, 0.2) is 65.6 Å². The van der Waals surface area contributed by atoms with E-state index in [9.17, 15) is 4.79 Å². The number of rotatable bonds is 6. The van der Waals surface area contributed by atoms with Crippen LogP contribution in [0.2, 0.25) is 0 Å². The highest BCUT2D eigenvalue weighted by Gasteiger charge is 2.11. The highest BCUT2D eigenvalue weighted by atomic mass is 32.2. The number of nitrogens with zero attached hydrogens (tertiary/aromatic N) is 1. The van der Waals surface area contributed by atoms with Crippen molar-refractivity contribution in [1.82, 2.24) is 10.3 Å². The van der Waals surface area contributed by atoms with Crippen LogP contribution in [-0.4, -0.2) is 23.2 Å². The SMILES string of the molecule is Cc1cc(C(=O)NCCCSc2ccccc2)c2ccccc2n1. The lowest BCUT2D eigenvalue weighted by Gasteiger charge is -2.09. The van der Waals surface area contributed by atoms with Crippen LogP contribution in [0.5, 0.6) is 0 Å². The van der Waals surface area contributed by atoms with Gasteiger partial charge in [-0.1, -0.05) is 36.4 Å². The molecule has 0 saturated carbocycles. The summed E-state index contributed by atoms with van der Waals surface area (Å²) >= 11 is 1.81. The van der Waals surface area contributed by atoms with E-state index in [1.54, 1.807) is 0 Å². The monoisotopic (exact) mass is 336 g/mol. The topological polar surface area (TPSA) is 42.0 Å². The molecule has 0 unspecified atom stereocenters. The number of fused-ring (bicyclic) bond motifs is 1. The number of thioether (sulfide) groups is 1. The van der Waals surface area contributed by atoms with Crippen LogP contribution in [0.1, 0.15) is 22.5 Å². The van der Waals surface area contributed by atoms with Gasteiger partial charge in [-0.2, -0.15) is 0 Å². The molecule has 3 aromatic rings. The Hall–Kier alpha value is -2.33. The van der Waals surface area contributed by atoms with E-state index in [-0.39, 0.29) is 5.91 Å². The van der Waals surface area contributed by atoms with Crippen LogP contribution in [0.25, 0.3) is 10.9 Å². The lowest BCUT2D eigenvalue weighted by molar-refractivity contribution is 0.0955. The molecule has 1 aromatic heterocycles. The number of amides is 1. The zero-order valence-corrected chi connectivity index (χ0v) is 14.5. The molecule has 24 heavy (non-hydrogen) atoms. The summed E-state index contributed by atoms with van der Waals surface area (Å²) in [4.78, 5) is 18.2. The molecule has 2 aromatic carbocycles. The number of carbonyl (C=O) groups is 1. The molecule has 0 aliphatic heterocycles. The maximum Gasteiger partial charge on any atom is 0.252 e. The van der Waals surface area contributed by atoms with Gasteiger partial charge in [-0.15, -0.1) is 11.8 Å². The number of hydrogen-bond donors (Lipinski definition) is 1. The molecule has 122 valence electrons. The van der Waals surface area contributed by atoms with Gasteiger partial charge in [0.1, 0.15) is 0 Å². The molecule has 0 spiro atoms. The van der Waals surface area contributed by atoms with E-state index >= 15 is 0 Å². The minimum Gasteiger partial charge on any atom is -0.352 e. The van der Waals surface area contributed by atoms with E-state index in [0.717, 1.165) is 28.8 Å². The van der Waals surface area contributed by atoms with Crippen molar-refractivity contribution in [3.8, 4) is 0 Å². The number of benzene rings is 2. The lowest BCUT2D eigenvalue weighted by Crippen LogP contribution is -2.25. The summed E-state index contributed by atoms with van der Waals surface area (Å²) < 4.78 is 0. The van der Waals surface area contributed by atoms with Gasteiger partial charge < -0.3 is 5.32 Å². The van der Waals surface area contributed by atoms with Crippen LogP contribution in [0.3, 0.4) is 0 Å². The number of aromatic nitrogens is 1. The van der Waals surface area contributed by atoms with Crippen LogP contribution in [0, 0.1) is 6.92 Å². The highest BCUT2D eigenvalue weighted by molar-refractivity contribution is 7.99. The van der Waals surface area contributed by atoms with Gasteiger partial charge in [0, 0.05) is 22.5 Å². The van der Waals surface area contributed by atoms with Gasteiger partial charge in [0.2, 0.25) is 0 Å². The Morgan fingerprint density at radius 1 is 1.08 bits per heavy atom. The average Bonchev–Trinajstić information content (AvgIpc) is 2.61. The number of carbonyl (C=O) groups excluding carboxylic acids is 1. The third kappa shape index (κ3) is 4.15. The Labute approximate surface area is 146 Å². The summed E-state index contributed by atoms with van der Waals surface area (Å²) in [6.45, 7) is 2.59. The molecular formula is C20H20N2OS. The average molecular weight is 336 g/mol. The maximum atomic E-state index is 12.5. The van der Waals surface area contributed by atoms with Gasteiger partial charge >= 0.3 is 0 Å². The van der Waals surface area contributed by atoms with Crippen molar-refractivity contribution >= 4 is 28.6 Å². The number of para-hydroxylation sites is 1. The normalized spacial score (nSPS) is 10.7. The molecule has 0 aliphatic rings. The van der Waals surface area contributed by atoms with E-state index in [1.807, 2.05) is 67.2 Å². The van der Waals surface area contributed by atoms with Crippen molar-refractivity contribution in [2.45, 2.75) is 18.2 Å². The number of pyridine rings is 1. The maximum absolute atomic E-state index is 12.5. The number of nitrogens with one attached hydrogen (secondary N) is 1. The standard InChI is InChI=1S/C20H20N2OS/c1-15-14-18(17-10-5-6-11-19(17)22-15)20(23)21-12-7-13-24-16-8-3-2-4-9-16/h2-6,8-11,14H,7,12-13H2,1H3,(H,21,23). The van der Waals surface area contributed by atoms with Crippen molar-refractivity contribution in [1.29, 1.82) is 0 Å². The third-order valence-electron chi connectivity index (χ3n) is 3.71. The Balaban J connectivity index is 1.56. The molecule has 3 rings (SSSR count). The third-order valence-corrected chi connectivity index (χ3v) is 4.81. The summed E-state index contributed by atoms with van der Waals surface area (Å²) in [6.07, 6.45) is 0.938. The molecule has 0 fully saturated rings. The Kier molecular flexibility index (Phi) is 5.49. The molecule has 0 atom stereocenters. The van der Waals surface area contributed by atoms with Crippen molar-refractivity contribution in [2.75, 3.05) is 12.3 Å². The molecule has 1 amide bonds. The van der Waals surface area contributed by atoms with Crippen LogP contribution in [0.4, 0.5) is 0 Å². The molecular weight excluding hydrogens is 316 g/mol. The van der Waals surface area contributed by atoms with E-state index in [1.165, 1.54) is 4.90 Å². The zero-order valence-electron chi connectivity index (χ0n) is 13.7. The fourth-order valence-electron chi connectivity index (χ4n) is 2.57. The molecule has 1 N–H and O–H groups in total. The minimum atomic E-state index is -0.0265.